The molecule has 4 aromatic rings. The van der Waals surface area contributed by atoms with Crippen molar-refractivity contribution < 1.29 is 9.66 Å². The number of ether oxygens (including phenoxy) is 1. The van der Waals surface area contributed by atoms with Crippen LogP contribution in [-0.4, -0.2) is 64.7 Å². The molecule has 2 aliphatic heterocycles. The first-order chi connectivity index (χ1) is 17.9. The summed E-state index contributed by atoms with van der Waals surface area (Å²) in [7, 11) is 5.59. The third-order valence-corrected chi connectivity index (χ3v) is 7.46. The molecule has 0 spiro atoms. The number of hydrogen-bond acceptors (Lipinski definition) is 8. The molecule has 0 atom stereocenters. The number of anilines is 3. The van der Waals surface area contributed by atoms with Crippen molar-refractivity contribution in [1.82, 2.24) is 19.4 Å². The average molecular weight is 500 g/mol. The van der Waals surface area contributed by atoms with Gasteiger partial charge < -0.3 is 24.4 Å². The number of benzene rings is 2. The van der Waals surface area contributed by atoms with E-state index < -0.39 is 0 Å². The molecule has 2 aromatic heterocycles. The fourth-order valence-corrected chi connectivity index (χ4v) is 5.44. The maximum atomic E-state index is 12.0. The van der Waals surface area contributed by atoms with Crippen LogP contribution in [0.5, 0.6) is 5.75 Å². The summed E-state index contributed by atoms with van der Waals surface area (Å²) < 4.78 is 8.00. The minimum atomic E-state index is -0.350. The molecule has 1 fully saturated rings. The summed E-state index contributed by atoms with van der Waals surface area (Å²) in [5.41, 5.74) is 5.47. The Hall–Kier alpha value is -4.18. The maximum Gasteiger partial charge on any atom is 0.294 e. The van der Waals surface area contributed by atoms with E-state index in [0.717, 1.165) is 43.7 Å². The van der Waals surface area contributed by atoms with Gasteiger partial charge in [0.05, 0.1) is 23.4 Å². The van der Waals surface area contributed by atoms with E-state index in [9.17, 15) is 10.1 Å². The lowest BCUT2D eigenvalue weighted by molar-refractivity contribution is -0.384. The molecular weight excluding hydrogens is 470 g/mol. The van der Waals surface area contributed by atoms with E-state index in [1.165, 1.54) is 22.7 Å². The van der Waals surface area contributed by atoms with Crippen LogP contribution in [0.4, 0.5) is 23.0 Å². The van der Waals surface area contributed by atoms with Crippen LogP contribution in [0, 0.1) is 10.1 Å². The van der Waals surface area contributed by atoms with E-state index in [2.05, 4.69) is 38.0 Å². The summed E-state index contributed by atoms with van der Waals surface area (Å²) in [6, 6.07) is 13.9. The molecule has 2 aliphatic rings. The Balaban J connectivity index is 1.36. The fourth-order valence-electron chi connectivity index (χ4n) is 5.44. The predicted molar refractivity (Wildman–Crippen MR) is 144 cm³/mol. The third kappa shape index (κ3) is 3.93. The Labute approximate surface area is 214 Å². The molecule has 0 unspecified atom stereocenters. The number of rotatable bonds is 7. The smallest absolute Gasteiger partial charge is 0.294 e. The van der Waals surface area contributed by atoms with Crippen LogP contribution < -0.4 is 15.0 Å². The molecule has 10 nitrogen and oxygen atoms in total. The molecule has 2 aromatic carbocycles. The Morgan fingerprint density at radius 1 is 1.19 bits per heavy atom. The van der Waals surface area contributed by atoms with Gasteiger partial charge in [-0.1, -0.05) is 18.2 Å². The molecule has 0 amide bonds. The second kappa shape index (κ2) is 9.04. The van der Waals surface area contributed by atoms with E-state index >= 15 is 0 Å². The fraction of sp³-hybridized carbons (Fsp3) is 0.333. The van der Waals surface area contributed by atoms with E-state index in [-0.39, 0.29) is 10.6 Å². The first-order valence-electron chi connectivity index (χ1n) is 12.4. The van der Waals surface area contributed by atoms with Crippen molar-refractivity contribution in [1.29, 1.82) is 0 Å². The highest BCUT2D eigenvalue weighted by atomic mass is 16.6. The summed E-state index contributed by atoms with van der Waals surface area (Å²) in [6.45, 7) is 2.46. The number of hydrogen-bond donors (Lipinski definition) is 1. The monoisotopic (exact) mass is 499 g/mol. The lowest BCUT2D eigenvalue weighted by Gasteiger charge is -2.44. The lowest BCUT2D eigenvalue weighted by Crippen LogP contribution is -2.57. The Kier molecular flexibility index (Phi) is 5.68. The zero-order chi connectivity index (χ0) is 25.7. The van der Waals surface area contributed by atoms with E-state index in [0.29, 0.717) is 29.1 Å². The van der Waals surface area contributed by atoms with Gasteiger partial charge in [0, 0.05) is 66.2 Å². The zero-order valence-corrected chi connectivity index (χ0v) is 21.1. The molecule has 10 heteroatoms. The van der Waals surface area contributed by atoms with Crippen LogP contribution in [0.1, 0.15) is 12.1 Å². The quantitative estimate of drug-likeness (QED) is 0.294. The molecule has 0 radical (unpaired) electrons. The van der Waals surface area contributed by atoms with Gasteiger partial charge in [-0.2, -0.15) is 0 Å². The van der Waals surface area contributed by atoms with E-state index in [4.69, 9.17) is 9.72 Å². The first-order valence-corrected chi connectivity index (χ1v) is 12.4. The Bertz CT molecular complexity index is 1510. The summed E-state index contributed by atoms with van der Waals surface area (Å²) in [5, 5.41) is 16.3. The van der Waals surface area contributed by atoms with Crippen molar-refractivity contribution in [3.8, 4) is 17.0 Å². The molecule has 1 saturated heterocycles. The average Bonchev–Trinajstić information content (AvgIpc) is 3.44. The summed E-state index contributed by atoms with van der Waals surface area (Å²) in [6.07, 6.45) is 3.83. The minimum Gasteiger partial charge on any atom is -0.494 e. The molecule has 37 heavy (non-hydrogen) atoms. The molecule has 1 N–H and O–H groups in total. The molecule has 0 saturated carbocycles. The first kappa shape index (κ1) is 23.2. The topological polar surface area (TPSA) is 102 Å². The maximum absolute atomic E-state index is 12.0. The predicted octanol–water partition coefficient (Wildman–Crippen LogP) is 4.46. The van der Waals surface area contributed by atoms with Gasteiger partial charge in [0.15, 0.2) is 0 Å². The summed E-state index contributed by atoms with van der Waals surface area (Å²) >= 11 is 0. The lowest BCUT2D eigenvalue weighted by atomic mass is 10.0. The van der Waals surface area contributed by atoms with Crippen LogP contribution in [0.15, 0.2) is 48.7 Å². The number of nitrogens with zero attached hydrogens (tertiary/aromatic N) is 6. The van der Waals surface area contributed by atoms with Crippen LogP contribution >= 0.6 is 0 Å². The minimum absolute atomic E-state index is 0.0212. The second-order valence-corrected chi connectivity index (χ2v) is 9.81. The van der Waals surface area contributed by atoms with Gasteiger partial charge in [-0.25, -0.2) is 9.97 Å². The van der Waals surface area contributed by atoms with Gasteiger partial charge in [-0.15, -0.1) is 0 Å². The summed E-state index contributed by atoms with van der Waals surface area (Å²) in [5.74, 6) is 0.856. The largest absolute Gasteiger partial charge is 0.494 e. The van der Waals surface area contributed by atoms with Crippen LogP contribution in [0.25, 0.3) is 22.2 Å². The number of nitro benzene ring substituents is 1. The molecule has 4 heterocycles. The number of aryl methyl sites for hydroxylation is 1. The van der Waals surface area contributed by atoms with Gasteiger partial charge in [0.2, 0.25) is 5.95 Å². The van der Waals surface area contributed by atoms with Crippen molar-refractivity contribution in [2.75, 3.05) is 44.5 Å². The number of likely N-dealkylation sites (N-methyl/N-ethyl adjacent to an activating group) is 1. The van der Waals surface area contributed by atoms with Crippen molar-refractivity contribution in [3.63, 3.8) is 0 Å². The van der Waals surface area contributed by atoms with Crippen LogP contribution in [-0.2, 0) is 13.0 Å². The molecule has 6 rings (SSSR count). The highest BCUT2D eigenvalue weighted by Crippen LogP contribution is 2.42. The van der Waals surface area contributed by atoms with Crippen LogP contribution in [0.3, 0.4) is 0 Å². The summed E-state index contributed by atoms with van der Waals surface area (Å²) in [4.78, 5) is 25.0. The number of fused-ring (bicyclic) bond motifs is 3. The van der Waals surface area contributed by atoms with E-state index in [1.54, 1.807) is 19.4 Å². The molecule has 190 valence electrons. The number of methoxy groups -OCH3 is 1. The van der Waals surface area contributed by atoms with Gasteiger partial charge in [0.1, 0.15) is 11.4 Å². The normalized spacial score (nSPS) is 15.2. The van der Waals surface area contributed by atoms with Crippen molar-refractivity contribution in [3.05, 3.63) is 64.5 Å². The Morgan fingerprint density at radius 3 is 2.76 bits per heavy atom. The molecular formula is C27H29N7O3. The highest BCUT2D eigenvalue weighted by Gasteiger charge is 2.34. The highest BCUT2D eigenvalue weighted by molar-refractivity contribution is 5.97. The van der Waals surface area contributed by atoms with Crippen molar-refractivity contribution in [2.45, 2.75) is 25.4 Å². The second-order valence-electron chi connectivity index (χ2n) is 9.81. The number of nitro groups is 1. The van der Waals surface area contributed by atoms with Crippen molar-refractivity contribution >= 4 is 33.9 Å². The van der Waals surface area contributed by atoms with Crippen molar-refractivity contribution in [2.24, 2.45) is 0 Å². The van der Waals surface area contributed by atoms with Gasteiger partial charge in [-0.05, 0) is 39.1 Å². The zero-order valence-electron chi connectivity index (χ0n) is 21.1. The SMILES string of the molecule is COc1cc(N2CC(N(C)C)C2)c([N+](=O)[O-])cc1Nc1nccc(-c2c3n(c4ccccc24)CCC3)n1. The molecule has 0 bridgehead atoms. The molecule has 0 aliphatic carbocycles. The standard InChI is InChI=1S/C27H29N7O3/c1-31(2)17-15-32(16-17)23-14-25(37-3)20(13-24(23)34(35)36)30-27-28-11-10-19(29-27)26-18-7-4-5-8-21(18)33-12-6-9-22(26)33/h4-5,7-8,10-11,13-14,17H,6,9,12,15-16H2,1-3H3,(H,28,29,30). The van der Waals surface area contributed by atoms with Gasteiger partial charge >= 0.3 is 0 Å². The van der Waals surface area contributed by atoms with Gasteiger partial charge in [-0.3, -0.25) is 10.1 Å². The number of aromatic nitrogens is 3. The third-order valence-electron chi connectivity index (χ3n) is 7.46. The Morgan fingerprint density at radius 2 is 2.00 bits per heavy atom. The van der Waals surface area contributed by atoms with E-state index in [1.807, 2.05) is 31.1 Å². The number of para-hydroxylation sites is 1. The van der Waals surface area contributed by atoms with Crippen LogP contribution in [0.2, 0.25) is 0 Å². The number of nitrogens with one attached hydrogen (secondary N) is 1. The van der Waals surface area contributed by atoms with Gasteiger partial charge in [0.25, 0.3) is 5.69 Å².